The van der Waals surface area contributed by atoms with Crippen LogP contribution in [-0.2, 0) is 20.7 Å². The molecule has 1 aromatic carbocycles. The molecule has 0 saturated carbocycles. The highest BCUT2D eigenvalue weighted by Crippen LogP contribution is 2.19. The monoisotopic (exact) mass is 405 g/mol. The summed E-state index contributed by atoms with van der Waals surface area (Å²) < 4.78 is 20.5. The number of carbonyl (C=O) groups is 2. The molecule has 0 aliphatic rings. The Kier molecular flexibility index (Phi) is 5.55. The van der Waals surface area contributed by atoms with E-state index in [9.17, 15) is 14.0 Å². The van der Waals surface area contributed by atoms with E-state index in [-0.39, 0.29) is 17.1 Å². The highest BCUT2D eigenvalue weighted by atomic mass is 35.5. The molecular weight excluding hydrogens is 389 g/mol. The average molecular weight is 406 g/mol. The lowest BCUT2D eigenvalue weighted by Gasteiger charge is -2.15. The number of nitrogens with zero attached hydrogens (tertiary/aromatic N) is 4. The molecule has 28 heavy (non-hydrogen) atoms. The highest BCUT2D eigenvalue weighted by Gasteiger charge is 2.21. The first-order valence-corrected chi connectivity index (χ1v) is 8.75. The zero-order chi connectivity index (χ0) is 20.4. The summed E-state index contributed by atoms with van der Waals surface area (Å²) in [5, 5.41) is 6.63. The molecule has 0 unspecified atom stereocenters. The fourth-order valence-corrected chi connectivity index (χ4v) is 2.83. The molecule has 2 heterocycles. The molecule has 2 aromatic heterocycles. The van der Waals surface area contributed by atoms with E-state index in [1.54, 1.807) is 13.8 Å². The molecule has 0 saturated heterocycles. The first-order valence-electron chi connectivity index (χ1n) is 8.37. The van der Waals surface area contributed by atoms with Gasteiger partial charge in [-0.2, -0.15) is 10.1 Å². The van der Waals surface area contributed by atoms with Crippen LogP contribution >= 0.6 is 11.6 Å². The molecular formula is C18H17ClFN5O3. The topological polar surface area (TPSA) is 98.5 Å². The van der Waals surface area contributed by atoms with Crippen LogP contribution in [0.1, 0.15) is 23.9 Å². The number of amides is 1. The second-order valence-corrected chi connectivity index (χ2v) is 6.59. The Morgan fingerprint density at radius 1 is 1.36 bits per heavy atom. The highest BCUT2D eigenvalue weighted by molar-refractivity contribution is 6.30. The predicted molar refractivity (Wildman–Crippen MR) is 99.6 cm³/mol. The molecule has 0 aliphatic heterocycles. The van der Waals surface area contributed by atoms with Crippen LogP contribution in [0, 0.1) is 19.7 Å². The number of ether oxygens (including phenoxy) is 1. The Labute approximate surface area is 164 Å². The van der Waals surface area contributed by atoms with Crippen molar-refractivity contribution in [1.82, 2.24) is 19.6 Å². The van der Waals surface area contributed by atoms with Crippen LogP contribution in [0.25, 0.3) is 5.78 Å². The Hall–Kier alpha value is -3.07. The number of carbonyl (C=O) groups excluding carboxylic acids is 2. The molecule has 146 valence electrons. The van der Waals surface area contributed by atoms with Gasteiger partial charge in [0.15, 0.2) is 6.10 Å². The van der Waals surface area contributed by atoms with Gasteiger partial charge in [0.2, 0.25) is 0 Å². The molecule has 3 rings (SSSR count). The summed E-state index contributed by atoms with van der Waals surface area (Å²) in [6.07, 6.45) is 0.165. The zero-order valence-corrected chi connectivity index (χ0v) is 16.1. The van der Waals surface area contributed by atoms with E-state index < -0.39 is 23.8 Å². The van der Waals surface area contributed by atoms with Crippen LogP contribution in [0.2, 0.25) is 5.02 Å². The van der Waals surface area contributed by atoms with Crippen LogP contribution in [0.3, 0.4) is 0 Å². The van der Waals surface area contributed by atoms with E-state index in [2.05, 4.69) is 20.4 Å². The summed E-state index contributed by atoms with van der Waals surface area (Å²) in [6.45, 7) is 4.95. The average Bonchev–Trinajstić information content (AvgIpc) is 3.09. The number of aromatic nitrogens is 4. The lowest BCUT2D eigenvalue weighted by molar-refractivity contribution is -0.152. The van der Waals surface area contributed by atoms with Crippen LogP contribution in [0.5, 0.6) is 0 Å². The predicted octanol–water partition coefficient (Wildman–Crippen LogP) is 2.65. The van der Waals surface area contributed by atoms with Crippen molar-refractivity contribution >= 4 is 34.9 Å². The van der Waals surface area contributed by atoms with E-state index in [4.69, 9.17) is 16.3 Å². The molecule has 3 aromatic rings. The van der Waals surface area contributed by atoms with Gasteiger partial charge in [-0.3, -0.25) is 9.59 Å². The summed E-state index contributed by atoms with van der Waals surface area (Å²) >= 11 is 5.68. The van der Waals surface area contributed by atoms with Gasteiger partial charge >= 0.3 is 5.97 Å². The summed E-state index contributed by atoms with van der Waals surface area (Å²) in [7, 11) is 0. The van der Waals surface area contributed by atoms with Crippen molar-refractivity contribution in [2.45, 2.75) is 33.3 Å². The molecule has 0 fully saturated rings. The first-order chi connectivity index (χ1) is 13.3. The van der Waals surface area contributed by atoms with Crippen molar-refractivity contribution in [2.75, 3.05) is 5.32 Å². The third kappa shape index (κ3) is 4.09. The van der Waals surface area contributed by atoms with Crippen LogP contribution in [0.4, 0.5) is 10.1 Å². The fraction of sp³-hybridized carbons (Fsp3) is 0.278. The van der Waals surface area contributed by atoms with Gasteiger partial charge in [-0.15, -0.1) is 0 Å². The van der Waals surface area contributed by atoms with E-state index >= 15 is 0 Å². The van der Waals surface area contributed by atoms with Gasteiger partial charge < -0.3 is 10.1 Å². The third-order valence-electron chi connectivity index (χ3n) is 4.18. The molecule has 0 radical (unpaired) electrons. The van der Waals surface area contributed by atoms with Gasteiger partial charge in [0.05, 0.1) is 12.1 Å². The number of esters is 1. The molecule has 10 heteroatoms. The molecule has 1 atom stereocenters. The number of hydrogen-bond acceptors (Lipinski definition) is 6. The van der Waals surface area contributed by atoms with Crippen molar-refractivity contribution in [3.63, 3.8) is 0 Å². The van der Waals surface area contributed by atoms with Crippen molar-refractivity contribution in [3.8, 4) is 0 Å². The second kappa shape index (κ2) is 7.89. The summed E-state index contributed by atoms with van der Waals surface area (Å²) in [6, 6.07) is 3.85. The maximum Gasteiger partial charge on any atom is 0.311 e. The van der Waals surface area contributed by atoms with E-state index in [1.165, 1.54) is 29.9 Å². The molecule has 0 aliphatic carbocycles. The van der Waals surface area contributed by atoms with Crippen molar-refractivity contribution in [2.24, 2.45) is 0 Å². The smallest absolute Gasteiger partial charge is 0.311 e. The molecule has 0 bridgehead atoms. The minimum Gasteiger partial charge on any atom is -0.452 e. The Morgan fingerprint density at radius 3 is 2.82 bits per heavy atom. The molecule has 1 amide bonds. The lowest BCUT2D eigenvalue weighted by Crippen LogP contribution is -2.31. The Morgan fingerprint density at radius 2 is 2.11 bits per heavy atom. The van der Waals surface area contributed by atoms with Gasteiger partial charge in [-0.1, -0.05) is 11.6 Å². The lowest BCUT2D eigenvalue weighted by atomic mass is 10.1. The SMILES string of the molecule is Cc1nc2ncnn2c(C)c1CC(=O)O[C@H](C)C(=O)Nc1ccc(Cl)cc1F. The number of rotatable bonds is 5. The molecule has 0 spiro atoms. The maximum absolute atomic E-state index is 13.8. The Bertz CT molecular complexity index is 1070. The maximum atomic E-state index is 13.8. The largest absolute Gasteiger partial charge is 0.452 e. The van der Waals surface area contributed by atoms with Crippen LogP contribution < -0.4 is 5.32 Å². The first kappa shape index (κ1) is 19.7. The van der Waals surface area contributed by atoms with Gasteiger partial charge in [0.1, 0.15) is 12.1 Å². The molecule has 1 N–H and O–H groups in total. The number of nitrogens with one attached hydrogen (secondary N) is 1. The van der Waals surface area contributed by atoms with Gasteiger partial charge in [0.25, 0.3) is 11.7 Å². The number of hydrogen-bond donors (Lipinski definition) is 1. The summed E-state index contributed by atoms with van der Waals surface area (Å²) in [4.78, 5) is 32.8. The van der Waals surface area contributed by atoms with E-state index in [1.807, 2.05) is 0 Å². The summed E-state index contributed by atoms with van der Waals surface area (Å²) in [5.74, 6) is -1.53. The number of anilines is 1. The number of fused-ring (bicyclic) bond motifs is 1. The molecule has 8 nitrogen and oxygen atoms in total. The van der Waals surface area contributed by atoms with Crippen molar-refractivity contribution in [3.05, 3.63) is 52.3 Å². The van der Waals surface area contributed by atoms with Crippen molar-refractivity contribution < 1.29 is 18.7 Å². The van der Waals surface area contributed by atoms with E-state index in [0.717, 1.165) is 6.07 Å². The second-order valence-electron chi connectivity index (χ2n) is 6.16. The van der Waals surface area contributed by atoms with Crippen LogP contribution in [0.15, 0.2) is 24.5 Å². The third-order valence-corrected chi connectivity index (χ3v) is 4.41. The number of aryl methyl sites for hydroxylation is 2. The zero-order valence-electron chi connectivity index (χ0n) is 15.4. The number of halogens is 2. The summed E-state index contributed by atoms with van der Waals surface area (Å²) in [5.41, 5.74) is 1.91. The number of benzene rings is 1. The van der Waals surface area contributed by atoms with E-state index in [0.29, 0.717) is 22.7 Å². The standard InChI is InChI=1S/C18H17ClFN5O3/c1-9-13(10(2)25-18(23-9)21-8-22-25)7-16(26)28-11(3)17(27)24-15-5-4-12(19)6-14(15)20/h4-6,8,11H,7H2,1-3H3,(H,24,27)/t11-/m1/s1. The van der Waals surface area contributed by atoms with Gasteiger partial charge in [-0.25, -0.2) is 13.9 Å². The minimum atomic E-state index is -1.12. The normalized spacial score (nSPS) is 12.0. The quantitative estimate of drug-likeness (QED) is 0.655. The minimum absolute atomic E-state index is 0.0511. The van der Waals surface area contributed by atoms with Gasteiger partial charge in [-0.05, 0) is 39.0 Å². The Balaban J connectivity index is 1.66. The van der Waals surface area contributed by atoms with Crippen LogP contribution in [-0.4, -0.2) is 37.6 Å². The van der Waals surface area contributed by atoms with Gasteiger partial charge in [0, 0.05) is 22.0 Å². The van der Waals surface area contributed by atoms with Crippen molar-refractivity contribution in [1.29, 1.82) is 0 Å². The fourth-order valence-electron chi connectivity index (χ4n) is 2.67.